The minimum atomic E-state index is -4.85. The summed E-state index contributed by atoms with van der Waals surface area (Å²) in [6.45, 7) is 0.365. The number of amides is 1. The summed E-state index contributed by atoms with van der Waals surface area (Å²) in [6, 6.07) is 2.76. The van der Waals surface area contributed by atoms with Crippen molar-refractivity contribution in [2.45, 2.75) is 12.6 Å². The molecule has 1 saturated carbocycles. The molecule has 3 aliphatic rings. The van der Waals surface area contributed by atoms with E-state index in [0.717, 1.165) is 12.5 Å². The van der Waals surface area contributed by atoms with E-state index in [2.05, 4.69) is 6.08 Å². The van der Waals surface area contributed by atoms with Gasteiger partial charge in [0.1, 0.15) is 5.56 Å². The van der Waals surface area contributed by atoms with Crippen LogP contribution in [0.2, 0.25) is 0 Å². The smallest absolute Gasteiger partial charge is 0.312 e. The van der Waals surface area contributed by atoms with Gasteiger partial charge < -0.3 is 4.90 Å². The van der Waals surface area contributed by atoms with Crippen molar-refractivity contribution in [2.24, 2.45) is 23.7 Å². The van der Waals surface area contributed by atoms with E-state index in [4.69, 9.17) is 0 Å². The molecule has 0 aromatic heterocycles. The molecule has 0 spiro atoms. The van der Waals surface area contributed by atoms with E-state index < -0.39 is 22.4 Å². The van der Waals surface area contributed by atoms with E-state index in [1.807, 2.05) is 6.08 Å². The van der Waals surface area contributed by atoms with Gasteiger partial charge >= 0.3 is 6.18 Å². The third-order valence-corrected chi connectivity index (χ3v) is 5.36. The van der Waals surface area contributed by atoms with Gasteiger partial charge in [0.05, 0.1) is 4.92 Å². The summed E-state index contributed by atoms with van der Waals surface area (Å²) < 4.78 is 39.4. The first-order chi connectivity index (χ1) is 11.3. The fourth-order valence-corrected chi connectivity index (χ4v) is 4.33. The standard InChI is InChI=1S/C16H13F3N2O3/c17-16(18,19)12-6-10(3-4-13(12)21(23)24)20-7-11-8-1-2-9(5-8)14(11)15(20)22/h1-4,6,8-9,11,14H,5,7H2. The molecule has 2 fully saturated rings. The summed E-state index contributed by atoms with van der Waals surface area (Å²) in [5, 5.41) is 10.8. The van der Waals surface area contributed by atoms with E-state index in [9.17, 15) is 28.1 Å². The lowest BCUT2D eigenvalue weighted by Gasteiger charge is -2.20. The van der Waals surface area contributed by atoms with Gasteiger partial charge in [0.25, 0.3) is 5.69 Å². The second-order valence-electron chi connectivity index (χ2n) is 6.54. The average molecular weight is 338 g/mol. The number of hydrogen-bond acceptors (Lipinski definition) is 3. The summed E-state index contributed by atoms with van der Waals surface area (Å²) >= 11 is 0. The van der Waals surface area contributed by atoms with Crippen molar-refractivity contribution in [3.8, 4) is 0 Å². The van der Waals surface area contributed by atoms with Crippen molar-refractivity contribution < 1.29 is 22.9 Å². The van der Waals surface area contributed by atoms with Crippen LogP contribution in [0.15, 0.2) is 30.4 Å². The predicted molar refractivity (Wildman–Crippen MR) is 78.2 cm³/mol. The highest BCUT2D eigenvalue weighted by molar-refractivity contribution is 5.98. The van der Waals surface area contributed by atoms with Crippen LogP contribution in [-0.2, 0) is 11.0 Å². The molecule has 4 rings (SSSR count). The van der Waals surface area contributed by atoms with Crippen LogP contribution >= 0.6 is 0 Å². The lowest BCUT2D eigenvalue weighted by molar-refractivity contribution is -0.388. The number of halogens is 3. The number of alkyl halides is 3. The van der Waals surface area contributed by atoms with Crippen LogP contribution < -0.4 is 4.90 Å². The molecule has 0 N–H and O–H groups in total. The molecule has 4 unspecified atom stereocenters. The van der Waals surface area contributed by atoms with Crippen molar-refractivity contribution in [3.05, 3.63) is 46.0 Å². The first-order valence-corrected chi connectivity index (χ1v) is 7.62. The number of benzene rings is 1. The van der Waals surface area contributed by atoms with Gasteiger partial charge in [-0.1, -0.05) is 12.2 Å². The first-order valence-electron chi connectivity index (χ1n) is 7.62. The number of fused-ring (bicyclic) bond motifs is 5. The Morgan fingerprint density at radius 2 is 1.92 bits per heavy atom. The number of allylic oxidation sites excluding steroid dienone is 2. The van der Waals surface area contributed by atoms with Crippen LogP contribution in [-0.4, -0.2) is 17.4 Å². The highest BCUT2D eigenvalue weighted by atomic mass is 19.4. The molecule has 1 aliphatic heterocycles. The highest BCUT2D eigenvalue weighted by Gasteiger charge is 2.54. The van der Waals surface area contributed by atoms with Crippen molar-refractivity contribution in [2.75, 3.05) is 11.4 Å². The normalized spacial score (nSPS) is 31.0. The topological polar surface area (TPSA) is 63.5 Å². The van der Waals surface area contributed by atoms with Gasteiger partial charge in [-0.05, 0) is 36.3 Å². The van der Waals surface area contributed by atoms with Gasteiger partial charge in [0.2, 0.25) is 5.91 Å². The average Bonchev–Trinajstić information content (AvgIpc) is 3.19. The summed E-state index contributed by atoms with van der Waals surface area (Å²) in [6.07, 6.45) is 0.185. The number of nitrogens with zero attached hydrogens (tertiary/aromatic N) is 2. The van der Waals surface area contributed by atoms with Crippen LogP contribution in [0.4, 0.5) is 24.5 Å². The molecule has 1 heterocycles. The fraction of sp³-hybridized carbons (Fsp3) is 0.438. The molecule has 2 bridgehead atoms. The zero-order chi connectivity index (χ0) is 17.2. The Bertz CT molecular complexity index is 774. The third-order valence-electron chi connectivity index (χ3n) is 5.36. The van der Waals surface area contributed by atoms with Crippen molar-refractivity contribution in [1.82, 2.24) is 0 Å². The second-order valence-corrected chi connectivity index (χ2v) is 6.54. The zero-order valence-corrected chi connectivity index (χ0v) is 12.4. The van der Waals surface area contributed by atoms with Crippen molar-refractivity contribution in [3.63, 3.8) is 0 Å². The zero-order valence-electron chi connectivity index (χ0n) is 12.4. The van der Waals surface area contributed by atoms with Gasteiger partial charge in [-0.15, -0.1) is 0 Å². The Morgan fingerprint density at radius 1 is 1.21 bits per heavy atom. The fourth-order valence-electron chi connectivity index (χ4n) is 4.33. The first kappa shape index (κ1) is 15.2. The van der Waals surface area contributed by atoms with E-state index in [-0.39, 0.29) is 29.3 Å². The van der Waals surface area contributed by atoms with Crippen LogP contribution in [0.5, 0.6) is 0 Å². The Labute approximate surface area is 134 Å². The number of nitro benzene ring substituents is 1. The minimum absolute atomic E-state index is 0.0757. The molecule has 24 heavy (non-hydrogen) atoms. The Balaban J connectivity index is 1.71. The molecule has 8 heteroatoms. The van der Waals surface area contributed by atoms with Crippen LogP contribution in [0.25, 0.3) is 0 Å². The van der Waals surface area contributed by atoms with E-state index >= 15 is 0 Å². The summed E-state index contributed by atoms with van der Waals surface area (Å²) in [5.74, 6) is 0.229. The Kier molecular flexibility index (Phi) is 3.04. The molecule has 5 nitrogen and oxygen atoms in total. The van der Waals surface area contributed by atoms with E-state index in [0.29, 0.717) is 18.5 Å². The van der Waals surface area contributed by atoms with Gasteiger partial charge in [-0.25, -0.2) is 0 Å². The Morgan fingerprint density at radius 3 is 2.54 bits per heavy atom. The van der Waals surface area contributed by atoms with Gasteiger partial charge in [0.15, 0.2) is 0 Å². The van der Waals surface area contributed by atoms with E-state index in [1.54, 1.807) is 0 Å². The summed E-state index contributed by atoms with van der Waals surface area (Å²) in [5.41, 5.74) is -2.25. The summed E-state index contributed by atoms with van der Waals surface area (Å²) in [7, 11) is 0. The minimum Gasteiger partial charge on any atom is -0.312 e. The SMILES string of the molecule is O=C1C2C3C=CC(C3)C2CN1c1ccc([N+](=O)[O-])c(C(F)(F)F)c1. The van der Waals surface area contributed by atoms with Crippen LogP contribution in [0.1, 0.15) is 12.0 Å². The predicted octanol–water partition coefficient (Wildman–Crippen LogP) is 3.40. The van der Waals surface area contributed by atoms with Crippen molar-refractivity contribution >= 4 is 17.3 Å². The molecule has 126 valence electrons. The number of nitro groups is 1. The molecule has 4 atom stereocenters. The van der Waals surface area contributed by atoms with Gasteiger partial charge in [0, 0.05) is 24.2 Å². The van der Waals surface area contributed by atoms with Gasteiger partial charge in [-0.3, -0.25) is 14.9 Å². The largest absolute Gasteiger partial charge is 0.423 e. The molecular formula is C16H13F3N2O3. The maximum Gasteiger partial charge on any atom is 0.423 e. The molecule has 1 aromatic rings. The number of rotatable bonds is 2. The molecule has 0 radical (unpaired) electrons. The van der Waals surface area contributed by atoms with Crippen molar-refractivity contribution in [1.29, 1.82) is 0 Å². The number of anilines is 1. The number of carbonyl (C=O) groups excluding carboxylic acids is 1. The quantitative estimate of drug-likeness (QED) is 0.472. The monoisotopic (exact) mass is 338 g/mol. The summed E-state index contributed by atoms with van der Waals surface area (Å²) in [4.78, 5) is 23.8. The van der Waals surface area contributed by atoms with Gasteiger partial charge in [-0.2, -0.15) is 13.2 Å². The van der Waals surface area contributed by atoms with Crippen LogP contribution in [0.3, 0.4) is 0 Å². The number of carbonyl (C=O) groups is 1. The molecule has 2 aliphatic carbocycles. The van der Waals surface area contributed by atoms with Crippen LogP contribution in [0, 0.1) is 33.8 Å². The molecular weight excluding hydrogens is 325 g/mol. The highest BCUT2D eigenvalue weighted by Crippen LogP contribution is 2.53. The molecule has 1 amide bonds. The lowest BCUT2D eigenvalue weighted by Crippen LogP contribution is -2.29. The second kappa shape index (κ2) is 4.81. The Hall–Kier alpha value is -2.38. The third kappa shape index (κ3) is 2.05. The lowest BCUT2D eigenvalue weighted by atomic mass is 9.86. The number of hydrogen-bond donors (Lipinski definition) is 0. The molecule has 1 aromatic carbocycles. The maximum atomic E-state index is 13.1. The molecule has 1 saturated heterocycles. The maximum absolute atomic E-state index is 13.1. The van der Waals surface area contributed by atoms with E-state index in [1.165, 1.54) is 11.0 Å².